The Morgan fingerprint density at radius 1 is 1.89 bits per heavy atom. The second-order valence-corrected chi connectivity index (χ2v) is 2.53. The van der Waals surface area contributed by atoms with Gasteiger partial charge < -0.3 is 0 Å². The molecule has 1 atom stereocenters. The van der Waals surface area contributed by atoms with Crippen LogP contribution in [0, 0.1) is 0 Å². The van der Waals surface area contributed by atoms with Crippen molar-refractivity contribution in [1.29, 1.82) is 0 Å². The van der Waals surface area contributed by atoms with Gasteiger partial charge in [0.1, 0.15) is 0 Å². The smallest absolute Gasteiger partial charge is 0.167 e. The van der Waals surface area contributed by atoms with Crippen LogP contribution in [0.3, 0.4) is 0 Å². The lowest BCUT2D eigenvalue weighted by Gasteiger charge is -2.01. The summed E-state index contributed by atoms with van der Waals surface area (Å²) in [6.45, 7) is 5.39. The molecule has 1 unspecified atom stereocenters. The summed E-state index contributed by atoms with van der Waals surface area (Å²) in [7, 11) is 0. The SMILES string of the molecule is C=CC(=O)C(S)CCC. The van der Waals surface area contributed by atoms with Crippen molar-refractivity contribution < 1.29 is 4.79 Å². The molecule has 0 aromatic carbocycles. The zero-order chi connectivity index (χ0) is 7.28. The molecule has 0 aliphatic heterocycles. The summed E-state index contributed by atoms with van der Waals surface area (Å²) in [5.74, 6) is 0.0279. The molecule has 0 saturated heterocycles. The molecule has 0 N–H and O–H groups in total. The van der Waals surface area contributed by atoms with E-state index in [4.69, 9.17) is 0 Å². The minimum Gasteiger partial charge on any atom is -0.294 e. The third-order valence-corrected chi connectivity index (χ3v) is 1.60. The molecular weight excluding hydrogens is 132 g/mol. The first-order chi connectivity index (χ1) is 4.22. The zero-order valence-electron chi connectivity index (χ0n) is 5.63. The number of carbonyl (C=O) groups excluding carboxylic acids is 1. The molecule has 0 bridgehead atoms. The number of thiol groups is 1. The van der Waals surface area contributed by atoms with Crippen LogP contribution in [-0.2, 0) is 4.79 Å². The fourth-order valence-corrected chi connectivity index (χ4v) is 0.915. The number of carbonyl (C=O) groups is 1. The molecule has 0 aliphatic rings. The van der Waals surface area contributed by atoms with Crippen LogP contribution in [0.4, 0.5) is 0 Å². The quantitative estimate of drug-likeness (QED) is 0.470. The van der Waals surface area contributed by atoms with Gasteiger partial charge in [-0.25, -0.2) is 0 Å². The van der Waals surface area contributed by atoms with Gasteiger partial charge >= 0.3 is 0 Å². The van der Waals surface area contributed by atoms with Crippen LogP contribution in [0.2, 0.25) is 0 Å². The molecule has 9 heavy (non-hydrogen) atoms. The van der Waals surface area contributed by atoms with Crippen LogP contribution in [0.25, 0.3) is 0 Å². The number of hydrogen-bond acceptors (Lipinski definition) is 2. The van der Waals surface area contributed by atoms with E-state index in [0.29, 0.717) is 0 Å². The maximum absolute atomic E-state index is 10.7. The Balaban J connectivity index is 3.58. The van der Waals surface area contributed by atoms with Gasteiger partial charge in [0.15, 0.2) is 5.78 Å². The van der Waals surface area contributed by atoms with Gasteiger partial charge in [0.25, 0.3) is 0 Å². The van der Waals surface area contributed by atoms with Gasteiger partial charge in [-0.15, -0.1) is 0 Å². The Labute approximate surface area is 61.6 Å². The second-order valence-electron chi connectivity index (χ2n) is 1.91. The summed E-state index contributed by atoms with van der Waals surface area (Å²) in [4.78, 5) is 10.7. The molecule has 0 aromatic rings. The summed E-state index contributed by atoms with van der Waals surface area (Å²) >= 11 is 4.06. The van der Waals surface area contributed by atoms with Gasteiger partial charge in [0, 0.05) is 0 Å². The topological polar surface area (TPSA) is 17.1 Å². The fraction of sp³-hybridized carbons (Fsp3) is 0.571. The third kappa shape index (κ3) is 3.36. The molecule has 0 heterocycles. The molecule has 1 nitrogen and oxygen atoms in total. The summed E-state index contributed by atoms with van der Waals surface area (Å²) in [6.07, 6.45) is 3.16. The Hall–Kier alpha value is -0.240. The standard InChI is InChI=1S/C7H12OS/c1-3-5-7(9)6(8)4-2/h4,7,9H,2-3,5H2,1H3. The molecule has 0 spiro atoms. The summed E-state index contributed by atoms with van der Waals surface area (Å²) < 4.78 is 0. The minimum atomic E-state index is -0.132. The van der Waals surface area contributed by atoms with Crippen LogP contribution in [0.1, 0.15) is 19.8 Å². The molecule has 2 heteroatoms. The fourth-order valence-electron chi connectivity index (χ4n) is 0.552. The lowest BCUT2D eigenvalue weighted by molar-refractivity contribution is -0.114. The Morgan fingerprint density at radius 3 is 2.78 bits per heavy atom. The number of allylic oxidation sites excluding steroid dienone is 1. The van der Waals surface area contributed by atoms with Crippen LogP contribution >= 0.6 is 12.6 Å². The molecular formula is C7H12OS. The van der Waals surface area contributed by atoms with E-state index in [1.807, 2.05) is 6.92 Å². The van der Waals surface area contributed by atoms with Gasteiger partial charge in [-0.05, 0) is 12.5 Å². The van der Waals surface area contributed by atoms with Crippen LogP contribution in [-0.4, -0.2) is 11.0 Å². The highest BCUT2D eigenvalue weighted by Gasteiger charge is 2.06. The van der Waals surface area contributed by atoms with E-state index in [-0.39, 0.29) is 11.0 Å². The van der Waals surface area contributed by atoms with Crippen molar-refractivity contribution in [2.24, 2.45) is 0 Å². The molecule has 0 aliphatic carbocycles. The second kappa shape index (κ2) is 4.62. The van der Waals surface area contributed by atoms with Crippen molar-refractivity contribution in [3.8, 4) is 0 Å². The Kier molecular flexibility index (Phi) is 4.50. The highest BCUT2D eigenvalue weighted by Crippen LogP contribution is 2.05. The predicted octanol–water partition coefficient (Wildman–Crippen LogP) is 1.84. The number of rotatable bonds is 4. The average Bonchev–Trinajstić information content (AvgIpc) is 1.87. The third-order valence-electron chi connectivity index (χ3n) is 1.09. The molecule has 0 fully saturated rings. The van der Waals surface area contributed by atoms with Crippen molar-refractivity contribution >= 4 is 18.4 Å². The first-order valence-electron chi connectivity index (χ1n) is 3.06. The largest absolute Gasteiger partial charge is 0.294 e. The number of ketones is 1. The predicted molar refractivity (Wildman–Crippen MR) is 42.9 cm³/mol. The maximum Gasteiger partial charge on any atom is 0.167 e. The Morgan fingerprint density at radius 2 is 2.44 bits per heavy atom. The monoisotopic (exact) mass is 144 g/mol. The van der Waals surface area contributed by atoms with Crippen molar-refractivity contribution in [1.82, 2.24) is 0 Å². The summed E-state index contributed by atoms with van der Waals surface area (Å²) in [5.41, 5.74) is 0. The molecule has 0 radical (unpaired) electrons. The van der Waals surface area contributed by atoms with Gasteiger partial charge in [-0.3, -0.25) is 4.79 Å². The highest BCUT2D eigenvalue weighted by molar-refractivity contribution is 7.81. The molecule has 0 aromatic heterocycles. The lowest BCUT2D eigenvalue weighted by atomic mass is 10.2. The van der Waals surface area contributed by atoms with E-state index in [1.165, 1.54) is 6.08 Å². The summed E-state index contributed by atoms with van der Waals surface area (Å²) in [5, 5.41) is -0.132. The van der Waals surface area contributed by atoms with E-state index in [2.05, 4.69) is 19.2 Å². The van der Waals surface area contributed by atoms with Gasteiger partial charge in [0.05, 0.1) is 5.25 Å². The first kappa shape index (κ1) is 8.76. The van der Waals surface area contributed by atoms with Crippen molar-refractivity contribution in [3.63, 3.8) is 0 Å². The van der Waals surface area contributed by atoms with Crippen LogP contribution in [0.5, 0.6) is 0 Å². The van der Waals surface area contributed by atoms with E-state index in [0.717, 1.165) is 12.8 Å². The van der Waals surface area contributed by atoms with E-state index in [1.54, 1.807) is 0 Å². The number of hydrogen-bond donors (Lipinski definition) is 1. The van der Waals surface area contributed by atoms with Crippen LogP contribution < -0.4 is 0 Å². The zero-order valence-corrected chi connectivity index (χ0v) is 6.53. The van der Waals surface area contributed by atoms with Crippen molar-refractivity contribution in [2.45, 2.75) is 25.0 Å². The van der Waals surface area contributed by atoms with Gasteiger partial charge in [-0.1, -0.05) is 19.9 Å². The average molecular weight is 144 g/mol. The molecule has 52 valence electrons. The first-order valence-corrected chi connectivity index (χ1v) is 3.58. The summed E-state index contributed by atoms with van der Waals surface area (Å²) in [6, 6.07) is 0. The van der Waals surface area contributed by atoms with Crippen molar-refractivity contribution in [3.05, 3.63) is 12.7 Å². The minimum absolute atomic E-state index is 0.0279. The highest BCUT2D eigenvalue weighted by atomic mass is 32.1. The lowest BCUT2D eigenvalue weighted by Crippen LogP contribution is -2.10. The van der Waals surface area contributed by atoms with Crippen molar-refractivity contribution in [2.75, 3.05) is 0 Å². The van der Waals surface area contributed by atoms with E-state index in [9.17, 15) is 4.79 Å². The molecule has 0 amide bonds. The van der Waals surface area contributed by atoms with E-state index < -0.39 is 0 Å². The van der Waals surface area contributed by atoms with Gasteiger partial charge in [-0.2, -0.15) is 12.6 Å². The van der Waals surface area contributed by atoms with Gasteiger partial charge in [0.2, 0.25) is 0 Å². The maximum atomic E-state index is 10.7. The normalized spacial score (nSPS) is 12.7. The van der Waals surface area contributed by atoms with E-state index >= 15 is 0 Å². The molecule has 0 rings (SSSR count). The molecule has 0 saturated carbocycles. The Bertz CT molecular complexity index is 109. The van der Waals surface area contributed by atoms with Crippen LogP contribution in [0.15, 0.2) is 12.7 Å².